The molecule has 1 unspecified atom stereocenters. The van der Waals surface area contributed by atoms with Crippen molar-refractivity contribution in [3.05, 3.63) is 77.0 Å². The predicted molar refractivity (Wildman–Crippen MR) is 114 cm³/mol. The zero-order valence-electron chi connectivity index (χ0n) is 15.8. The molecule has 1 aromatic heterocycles. The first-order chi connectivity index (χ1) is 14.6. The van der Waals surface area contributed by atoms with Gasteiger partial charge in [-0.25, -0.2) is 14.4 Å². The number of pyridine rings is 1. The van der Waals surface area contributed by atoms with Crippen LogP contribution in [0.4, 0.5) is 15.9 Å². The Kier molecular flexibility index (Phi) is 4.63. The third-order valence-corrected chi connectivity index (χ3v) is 5.58. The Morgan fingerprint density at radius 2 is 2.17 bits per heavy atom. The van der Waals surface area contributed by atoms with Gasteiger partial charge < -0.3 is 15.5 Å². The first-order valence-corrected chi connectivity index (χ1v) is 9.97. The van der Waals surface area contributed by atoms with Crippen LogP contribution in [0.25, 0.3) is 0 Å². The molecule has 1 atom stereocenters. The highest BCUT2D eigenvalue weighted by molar-refractivity contribution is 6.35. The van der Waals surface area contributed by atoms with Gasteiger partial charge in [-0.3, -0.25) is 4.79 Å². The molecule has 2 aromatic rings. The van der Waals surface area contributed by atoms with E-state index in [1.165, 1.54) is 6.07 Å². The normalized spacial score (nSPS) is 19.5. The Labute approximate surface area is 177 Å². The SMILES string of the molecule is O=C(Nc1ccnc(N2CCC2)c1)C1=CNC2C=CC(c3cccc(F)c3Cl)=NN12. The Hall–Kier alpha value is -3.39. The molecule has 0 saturated carbocycles. The standard InChI is InChI=1S/C21H18ClFN6O/c22-20-14(3-1-4-15(20)23)16-5-6-18-25-12-17(29(18)27-16)21(30)26-13-7-8-24-19(11-13)28-9-2-10-28/h1,3-8,11-12,18,25H,2,9-10H2,(H,24,26,30). The molecular formula is C21H18ClFN6O. The van der Waals surface area contributed by atoms with E-state index in [1.807, 2.05) is 12.1 Å². The number of amides is 1. The van der Waals surface area contributed by atoms with Crippen molar-refractivity contribution in [2.75, 3.05) is 23.3 Å². The smallest absolute Gasteiger partial charge is 0.275 e. The van der Waals surface area contributed by atoms with Crippen LogP contribution in [-0.4, -0.2) is 40.9 Å². The number of anilines is 2. The van der Waals surface area contributed by atoms with Crippen LogP contribution >= 0.6 is 11.6 Å². The van der Waals surface area contributed by atoms with Gasteiger partial charge in [0, 0.05) is 42.8 Å². The lowest BCUT2D eigenvalue weighted by Gasteiger charge is -2.32. The minimum Gasteiger partial charge on any atom is -0.365 e. The number of nitrogens with zero attached hydrogens (tertiary/aromatic N) is 4. The molecular weight excluding hydrogens is 407 g/mol. The van der Waals surface area contributed by atoms with Crippen molar-refractivity contribution in [1.82, 2.24) is 15.3 Å². The maximum atomic E-state index is 13.8. The van der Waals surface area contributed by atoms with Crippen LogP contribution in [0.3, 0.4) is 0 Å². The van der Waals surface area contributed by atoms with Crippen molar-refractivity contribution in [1.29, 1.82) is 0 Å². The number of nitrogens with one attached hydrogen (secondary N) is 2. The molecule has 1 aromatic carbocycles. The number of rotatable bonds is 4. The molecule has 30 heavy (non-hydrogen) atoms. The number of fused-ring (bicyclic) bond motifs is 1. The number of hydrazone groups is 1. The third-order valence-electron chi connectivity index (χ3n) is 5.20. The van der Waals surface area contributed by atoms with Crippen molar-refractivity contribution >= 4 is 34.7 Å². The number of aromatic nitrogens is 1. The van der Waals surface area contributed by atoms with Crippen LogP contribution in [0, 0.1) is 5.82 Å². The van der Waals surface area contributed by atoms with Gasteiger partial charge in [-0.15, -0.1) is 0 Å². The zero-order valence-corrected chi connectivity index (χ0v) is 16.6. The van der Waals surface area contributed by atoms with Gasteiger partial charge in [-0.05, 0) is 30.7 Å². The molecule has 5 rings (SSSR count). The fraction of sp³-hybridized carbons (Fsp3) is 0.190. The van der Waals surface area contributed by atoms with E-state index in [4.69, 9.17) is 11.6 Å². The van der Waals surface area contributed by atoms with Crippen LogP contribution in [0.2, 0.25) is 5.02 Å². The highest BCUT2D eigenvalue weighted by Gasteiger charge is 2.31. The fourth-order valence-electron chi connectivity index (χ4n) is 3.46. The first kappa shape index (κ1) is 18.6. The van der Waals surface area contributed by atoms with Crippen molar-refractivity contribution in [3.63, 3.8) is 0 Å². The molecule has 3 aliphatic rings. The van der Waals surface area contributed by atoms with Gasteiger partial charge in [0.25, 0.3) is 5.91 Å². The summed E-state index contributed by atoms with van der Waals surface area (Å²) in [5.74, 6) is 0.0167. The highest BCUT2D eigenvalue weighted by atomic mass is 35.5. The summed E-state index contributed by atoms with van der Waals surface area (Å²) in [7, 11) is 0. The number of carbonyl (C=O) groups excluding carboxylic acids is 1. The largest absolute Gasteiger partial charge is 0.365 e. The summed E-state index contributed by atoms with van der Waals surface area (Å²) in [5.41, 5.74) is 1.94. The molecule has 3 aliphatic heterocycles. The van der Waals surface area contributed by atoms with Crippen LogP contribution in [0.5, 0.6) is 0 Å². The number of benzene rings is 1. The van der Waals surface area contributed by atoms with E-state index in [9.17, 15) is 9.18 Å². The average molecular weight is 425 g/mol. The number of carbonyl (C=O) groups is 1. The number of halogens is 2. The van der Waals surface area contributed by atoms with Crippen molar-refractivity contribution in [2.24, 2.45) is 5.10 Å². The number of hydrogen-bond donors (Lipinski definition) is 2. The quantitative estimate of drug-likeness (QED) is 0.789. The van der Waals surface area contributed by atoms with E-state index in [0.29, 0.717) is 22.7 Å². The van der Waals surface area contributed by atoms with E-state index in [-0.39, 0.29) is 17.1 Å². The highest BCUT2D eigenvalue weighted by Crippen LogP contribution is 2.27. The first-order valence-electron chi connectivity index (χ1n) is 9.59. The summed E-state index contributed by atoms with van der Waals surface area (Å²) in [6, 6.07) is 8.16. The number of hydrogen-bond acceptors (Lipinski definition) is 6. The summed E-state index contributed by atoms with van der Waals surface area (Å²) in [4.78, 5) is 19.4. The molecule has 0 spiro atoms. The molecule has 4 heterocycles. The molecule has 7 nitrogen and oxygen atoms in total. The molecule has 0 aliphatic carbocycles. The van der Waals surface area contributed by atoms with Gasteiger partial charge in [-0.1, -0.05) is 23.7 Å². The Bertz CT molecular complexity index is 1110. The minimum atomic E-state index is -0.517. The van der Waals surface area contributed by atoms with E-state index in [2.05, 4.69) is 25.6 Å². The van der Waals surface area contributed by atoms with Gasteiger partial charge in [-0.2, -0.15) is 5.10 Å². The van der Waals surface area contributed by atoms with Gasteiger partial charge in [0.1, 0.15) is 23.5 Å². The Morgan fingerprint density at radius 1 is 1.30 bits per heavy atom. The lowest BCUT2D eigenvalue weighted by molar-refractivity contribution is -0.114. The van der Waals surface area contributed by atoms with E-state index >= 15 is 0 Å². The topological polar surface area (TPSA) is 72.9 Å². The summed E-state index contributed by atoms with van der Waals surface area (Å²) in [6.45, 7) is 1.95. The maximum absolute atomic E-state index is 13.8. The van der Waals surface area contributed by atoms with Gasteiger partial charge in [0.2, 0.25) is 0 Å². The zero-order chi connectivity index (χ0) is 20.7. The maximum Gasteiger partial charge on any atom is 0.275 e. The second kappa shape index (κ2) is 7.46. The molecule has 0 bridgehead atoms. The monoisotopic (exact) mass is 424 g/mol. The molecule has 152 valence electrons. The van der Waals surface area contributed by atoms with E-state index < -0.39 is 5.82 Å². The Balaban J connectivity index is 1.37. The van der Waals surface area contributed by atoms with Crippen LogP contribution in [0.15, 0.2) is 65.7 Å². The van der Waals surface area contributed by atoms with E-state index in [0.717, 1.165) is 25.3 Å². The summed E-state index contributed by atoms with van der Waals surface area (Å²) in [5, 5.41) is 12.1. The van der Waals surface area contributed by atoms with Gasteiger partial charge in [0.05, 0.1) is 10.7 Å². The predicted octanol–water partition coefficient (Wildman–Crippen LogP) is 3.07. The summed E-state index contributed by atoms with van der Waals surface area (Å²) < 4.78 is 13.8. The lowest BCUT2D eigenvalue weighted by atomic mass is 10.1. The van der Waals surface area contributed by atoms with E-state index in [1.54, 1.807) is 41.7 Å². The fourth-order valence-corrected chi connectivity index (χ4v) is 3.68. The minimum absolute atomic E-state index is 0.00297. The van der Waals surface area contributed by atoms with Crippen molar-refractivity contribution < 1.29 is 9.18 Å². The van der Waals surface area contributed by atoms with Crippen LogP contribution in [-0.2, 0) is 4.79 Å². The molecule has 1 amide bonds. The summed E-state index contributed by atoms with van der Waals surface area (Å²) in [6.07, 6.45) is 7.74. The lowest BCUT2D eigenvalue weighted by Crippen LogP contribution is -2.38. The van der Waals surface area contributed by atoms with Gasteiger partial charge >= 0.3 is 0 Å². The molecule has 1 fully saturated rings. The Morgan fingerprint density at radius 3 is 2.97 bits per heavy atom. The number of allylic oxidation sites excluding steroid dienone is 1. The van der Waals surface area contributed by atoms with Crippen molar-refractivity contribution in [2.45, 2.75) is 12.6 Å². The molecule has 2 N–H and O–H groups in total. The van der Waals surface area contributed by atoms with Crippen molar-refractivity contribution in [3.8, 4) is 0 Å². The van der Waals surface area contributed by atoms with Gasteiger partial charge in [0.15, 0.2) is 0 Å². The molecule has 9 heteroatoms. The third kappa shape index (κ3) is 3.29. The second-order valence-electron chi connectivity index (χ2n) is 7.13. The average Bonchev–Trinajstić information content (AvgIpc) is 3.12. The molecule has 1 saturated heterocycles. The van der Waals surface area contributed by atoms with Crippen LogP contribution < -0.4 is 15.5 Å². The van der Waals surface area contributed by atoms with Crippen LogP contribution in [0.1, 0.15) is 12.0 Å². The second-order valence-corrected chi connectivity index (χ2v) is 7.51. The molecule has 0 radical (unpaired) electrons. The summed E-state index contributed by atoms with van der Waals surface area (Å²) >= 11 is 6.11.